The highest BCUT2D eigenvalue weighted by Gasteiger charge is 2.32. The molecule has 16 nitrogen and oxygen atoms in total. The third kappa shape index (κ3) is 10.3. The lowest BCUT2D eigenvalue weighted by atomic mass is 10.2. The summed E-state index contributed by atoms with van der Waals surface area (Å²) in [5, 5.41) is 13.0. The molecule has 2 aromatic heterocycles. The Hall–Kier alpha value is -6.16. The van der Waals surface area contributed by atoms with Crippen LogP contribution in [0.2, 0.25) is 0 Å². The molecule has 362 valence electrons. The van der Waals surface area contributed by atoms with Crippen LogP contribution >= 0.6 is 0 Å². The maximum absolute atomic E-state index is 13.7. The molecule has 20 heteroatoms. The lowest BCUT2D eigenvalue weighted by molar-refractivity contribution is 0.0689. The first-order valence-corrected chi connectivity index (χ1v) is 28.3. The zero-order valence-electron chi connectivity index (χ0n) is 37.4. The van der Waals surface area contributed by atoms with Gasteiger partial charge in [-0.25, -0.2) is 46.4 Å². The van der Waals surface area contributed by atoms with Gasteiger partial charge in [-0.05, 0) is 104 Å². The number of amides is 1. The van der Waals surface area contributed by atoms with Crippen LogP contribution in [0.25, 0.3) is 21.8 Å². The van der Waals surface area contributed by atoms with Crippen molar-refractivity contribution in [1.29, 1.82) is 0 Å². The second kappa shape index (κ2) is 20.4. The Balaban J connectivity index is 0.000000190. The minimum atomic E-state index is -4.20. The summed E-state index contributed by atoms with van der Waals surface area (Å²) in [4.78, 5) is 25.2. The molecular weight excluding hydrogens is 963 g/mol. The smallest absolute Gasteiger partial charge is 0.353 e. The number of nitrogens with zero attached hydrogens (tertiary/aromatic N) is 4. The lowest BCUT2D eigenvalue weighted by Crippen LogP contribution is -2.31. The molecule has 69 heavy (non-hydrogen) atoms. The number of carboxylic acids is 1. The molecule has 0 bridgehead atoms. The average Bonchev–Trinajstić information content (AvgIpc) is 3.64. The number of aromatic nitrogens is 2. The van der Waals surface area contributed by atoms with Gasteiger partial charge in [0.1, 0.15) is 11.4 Å². The van der Waals surface area contributed by atoms with Gasteiger partial charge >= 0.3 is 5.97 Å². The van der Waals surface area contributed by atoms with E-state index in [0.717, 1.165) is 64.9 Å². The Morgan fingerprint density at radius 3 is 1.22 bits per heavy atom. The molecule has 4 heterocycles. The molecule has 0 spiro atoms. The second-order valence-electron chi connectivity index (χ2n) is 16.8. The Bertz CT molecular complexity index is 3460. The fourth-order valence-corrected chi connectivity index (χ4v) is 14.8. The van der Waals surface area contributed by atoms with Gasteiger partial charge in [-0.15, -0.1) is 0 Å². The summed E-state index contributed by atoms with van der Waals surface area (Å²) < 4.78 is 112. The summed E-state index contributed by atoms with van der Waals surface area (Å²) in [5.74, 6) is -2.01. The molecule has 9 rings (SSSR count). The average molecular weight is 1010 g/mol. The number of hydrogen-bond donors (Lipinski definition) is 2. The third-order valence-electron chi connectivity index (χ3n) is 12.2. The number of carbonyl (C=O) groups is 2. The van der Waals surface area contributed by atoms with E-state index in [-0.39, 0.29) is 48.2 Å². The first-order valence-electron chi connectivity index (χ1n) is 22.5. The van der Waals surface area contributed by atoms with Gasteiger partial charge in [0.2, 0.25) is 20.0 Å². The van der Waals surface area contributed by atoms with Crippen LogP contribution in [0.15, 0.2) is 159 Å². The van der Waals surface area contributed by atoms with Crippen LogP contribution in [0.3, 0.4) is 0 Å². The monoisotopic (exact) mass is 1010 g/mol. The first-order chi connectivity index (χ1) is 33.0. The van der Waals surface area contributed by atoms with Crippen molar-refractivity contribution in [2.45, 2.75) is 77.5 Å². The van der Waals surface area contributed by atoms with Crippen LogP contribution < -0.4 is 5.32 Å². The predicted octanol–water partition coefficient (Wildman–Crippen LogP) is 7.51. The standard InChI is InChI=1S/C28H29N3O5S2.C21H22N2O6S2/c32-28(29-21-22-11-5-3-6-12-22)27-20-23-19-25(37(33,34)30-17-9-1-2-10-18-30)15-16-26(23)31(27)38(35,36)24-13-7-4-8-14-24;24-21(25)20-15-16-14-18(30(26,27)22-12-6-1-2-7-13-22)10-11-19(16)23(20)31(28,29)17-8-4-3-5-9-17/h3-8,11-16,19-20H,1-2,9-10,17-18,21H2,(H,29,32);3-5,8-11,14-15H,1-2,6-7,12-13H2,(H,24,25). The Morgan fingerprint density at radius 2 is 0.812 bits per heavy atom. The highest BCUT2D eigenvalue weighted by molar-refractivity contribution is 7.90. The molecule has 0 saturated carbocycles. The van der Waals surface area contributed by atoms with E-state index in [4.69, 9.17) is 0 Å². The number of nitrogens with one attached hydrogen (secondary N) is 1. The molecule has 0 aliphatic carbocycles. The predicted molar refractivity (Wildman–Crippen MR) is 261 cm³/mol. The molecule has 0 unspecified atom stereocenters. The van der Waals surface area contributed by atoms with Gasteiger partial charge in [0.15, 0.2) is 0 Å². The van der Waals surface area contributed by atoms with Gasteiger partial charge < -0.3 is 10.4 Å². The fourth-order valence-electron chi connectivity index (χ4n) is 8.61. The van der Waals surface area contributed by atoms with Crippen molar-refractivity contribution in [2.75, 3.05) is 26.2 Å². The van der Waals surface area contributed by atoms with E-state index in [0.29, 0.717) is 31.6 Å². The van der Waals surface area contributed by atoms with E-state index < -0.39 is 57.7 Å². The number of rotatable bonds is 12. The van der Waals surface area contributed by atoms with Crippen molar-refractivity contribution in [3.63, 3.8) is 0 Å². The maximum atomic E-state index is 13.7. The Labute approximate surface area is 402 Å². The number of fused-ring (bicyclic) bond motifs is 2. The molecule has 1 amide bonds. The van der Waals surface area contributed by atoms with Crippen LogP contribution in [-0.2, 0) is 46.6 Å². The Kier molecular flexibility index (Phi) is 14.6. The molecule has 2 aliphatic heterocycles. The number of sulfonamides is 2. The van der Waals surface area contributed by atoms with E-state index >= 15 is 0 Å². The van der Waals surface area contributed by atoms with Gasteiger partial charge in [0, 0.05) is 43.5 Å². The number of benzene rings is 5. The second-order valence-corrected chi connectivity index (χ2v) is 24.2. The minimum absolute atomic E-state index is 0.0214. The van der Waals surface area contributed by atoms with E-state index in [9.17, 15) is 48.4 Å². The zero-order chi connectivity index (χ0) is 49.0. The zero-order valence-corrected chi connectivity index (χ0v) is 40.7. The summed E-state index contributed by atoms with van der Waals surface area (Å²) in [7, 11) is -15.9. The van der Waals surface area contributed by atoms with E-state index in [1.807, 2.05) is 30.3 Å². The number of hydrogen-bond acceptors (Lipinski definition) is 10. The largest absolute Gasteiger partial charge is 0.477 e. The summed E-state index contributed by atoms with van der Waals surface area (Å²) in [6.07, 6.45) is 7.13. The Morgan fingerprint density at radius 1 is 0.435 bits per heavy atom. The van der Waals surface area contributed by atoms with Crippen molar-refractivity contribution in [1.82, 2.24) is 21.9 Å². The highest BCUT2D eigenvalue weighted by Crippen LogP contribution is 2.32. The van der Waals surface area contributed by atoms with Gasteiger partial charge in [-0.3, -0.25) is 4.79 Å². The SMILES string of the molecule is O=C(NCc1ccccc1)c1cc2cc(S(=O)(=O)N3CCCCCC3)ccc2n1S(=O)(=O)c1ccccc1.O=C(O)c1cc2cc(S(=O)(=O)N3CCCCCC3)ccc2n1S(=O)(=O)c1ccccc1. The summed E-state index contributed by atoms with van der Waals surface area (Å²) in [5.41, 5.74) is 0.650. The molecule has 7 aromatic rings. The van der Waals surface area contributed by atoms with Gasteiger partial charge in [0.05, 0.1) is 30.6 Å². The first kappa shape index (κ1) is 49.3. The molecule has 2 fully saturated rings. The van der Waals surface area contributed by atoms with Crippen LogP contribution in [0.1, 0.15) is 77.9 Å². The minimum Gasteiger partial charge on any atom is -0.477 e. The maximum Gasteiger partial charge on any atom is 0.353 e. The van der Waals surface area contributed by atoms with Crippen molar-refractivity contribution < 1.29 is 48.4 Å². The molecule has 2 saturated heterocycles. The fraction of sp³-hybridized carbons (Fsp3) is 0.265. The molecular formula is C49H51N5O11S4. The van der Waals surface area contributed by atoms with Crippen molar-refractivity contribution in [3.8, 4) is 0 Å². The van der Waals surface area contributed by atoms with Gasteiger partial charge in [0.25, 0.3) is 26.0 Å². The summed E-state index contributed by atoms with van der Waals surface area (Å²) >= 11 is 0. The van der Waals surface area contributed by atoms with Crippen LogP contribution in [0, 0.1) is 0 Å². The van der Waals surface area contributed by atoms with E-state index in [1.54, 1.807) is 36.4 Å². The quantitative estimate of drug-likeness (QED) is 0.122. The van der Waals surface area contributed by atoms with Crippen molar-refractivity contribution in [3.05, 3.63) is 156 Å². The van der Waals surface area contributed by atoms with Crippen molar-refractivity contribution in [2.24, 2.45) is 0 Å². The molecule has 0 radical (unpaired) electrons. The number of aromatic carboxylic acids is 1. The van der Waals surface area contributed by atoms with E-state index in [1.165, 1.54) is 81.4 Å². The topological polar surface area (TPSA) is 219 Å². The van der Waals surface area contributed by atoms with E-state index in [2.05, 4.69) is 5.32 Å². The van der Waals surface area contributed by atoms with Gasteiger partial charge in [-0.1, -0.05) is 92.4 Å². The van der Waals surface area contributed by atoms with Gasteiger partial charge in [-0.2, -0.15) is 8.61 Å². The van der Waals surface area contributed by atoms with Crippen LogP contribution in [-0.4, -0.2) is 93.4 Å². The molecule has 2 aliphatic rings. The third-order valence-corrected chi connectivity index (χ3v) is 19.4. The normalized spacial score (nSPS) is 15.7. The number of carbonyl (C=O) groups excluding carboxylic acids is 1. The van der Waals surface area contributed by atoms with Crippen LogP contribution in [0.4, 0.5) is 0 Å². The molecule has 2 N–H and O–H groups in total. The van der Waals surface area contributed by atoms with Crippen LogP contribution in [0.5, 0.6) is 0 Å². The highest BCUT2D eigenvalue weighted by atomic mass is 32.2. The van der Waals surface area contributed by atoms with Crippen molar-refractivity contribution >= 4 is 73.8 Å². The molecule has 0 atom stereocenters. The molecule has 5 aromatic carbocycles. The summed E-state index contributed by atoms with van der Waals surface area (Å²) in [6.45, 7) is 1.99. The number of carboxylic acid groups (broad SMARTS) is 1. The lowest BCUT2D eigenvalue weighted by Gasteiger charge is -2.20. The summed E-state index contributed by atoms with van der Waals surface area (Å²) in [6, 6.07) is 35.7.